The van der Waals surface area contributed by atoms with Crippen molar-refractivity contribution in [3.8, 4) is 12.3 Å². The Morgan fingerprint density at radius 3 is 2.55 bits per heavy atom. The largest absolute Gasteiger partial charge is 0.393 e. The molecule has 0 aromatic heterocycles. The minimum atomic E-state index is -0.345. The molecule has 0 radical (unpaired) electrons. The molecule has 2 nitrogen and oxygen atoms in total. The first-order chi connectivity index (χ1) is 4.98. The fourth-order valence-corrected chi connectivity index (χ4v) is 1.01. The molecule has 0 spiro atoms. The van der Waals surface area contributed by atoms with Crippen LogP contribution in [0.1, 0.15) is 27.2 Å². The monoisotopic (exact) mass is 156 g/mol. The fraction of sp³-hybridized carbons (Fsp3) is 0.778. The van der Waals surface area contributed by atoms with Crippen molar-refractivity contribution in [1.82, 2.24) is 0 Å². The summed E-state index contributed by atoms with van der Waals surface area (Å²) in [6, 6.07) is 0. The Morgan fingerprint density at radius 1 is 1.64 bits per heavy atom. The van der Waals surface area contributed by atoms with Gasteiger partial charge in [0.2, 0.25) is 0 Å². The summed E-state index contributed by atoms with van der Waals surface area (Å²) in [6.45, 7) is 5.87. The molecule has 0 aliphatic carbocycles. The van der Waals surface area contributed by atoms with Crippen LogP contribution in [0, 0.1) is 12.3 Å². The Hall–Kier alpha value is -0.520. The summed E-state index contributed by atoms with van der Waals surface area (Å²) in [6.07, 6.45) is 5.29. The minimum absolute atomic E-state index is 0.305. The van der Waals surface area contributed by atoms with E-state index in [1.807, 2.05) is 13.8 Å². The maximum absolute atomic E-state index is 9.06. The molecular weight excluding hydrogens is 140 g/mol. The highest BCUT2D eigenvalue weighted by Gasteiger charge is 2.19. The van der Waals surface area contributed by atoms with Crippen molar-refractivity contribution in [2.75, 3.05) is 6.61 Å². The molecular formula is C9H16O2. The van der Waals surface area contributed by atoms with E-state index in [0.717, 1.165) is 0 Å². The van der Waals surface area contributed by atoms with Gasteiger partial charge in [0.1, 0.15) is 6.61 Å². The van der Waals surface area contributed by atoms with Crippen LogP contribution in [0.2, 0.25) is 0 Å². The number of aliphatic hydroxyl groups excluding tert-OH is 1. The van der Waals surface area contributed by atoms with Gasteiger partial charge in [-0.25, -0.2) is 0 Å². The SMILES string of the molecule is C#CCOC(C)(C)CC(C)O. The van der Waals surface area contributed by atoms with Crippen LogP contribution in [-0.2, 0) is 4.74 Å². The third kappa shape index (κ3) is 5.90. The number of ether oxygens (including phenoxy) is 1. The Morgan fingerprint density at radius 2 is 2.18 bits per heavy atom. The van der Waals surface area contributed by atoms with E-state index in [1.54, 1.807) is 6.92 Å². The second-order valence-corrected chi connectivity index (χ2v) is 3.31. The molecule has 0 amide bonds. The fourth-order valence-electron chi connectivity index (χ4n) is 1.01. The van der Waals surface area contributed by atoms with Crippen molar-refractivity contribution >= 4 is 0 Å². The average Bonchev–Trinajstić information content (AvgIpc) is 1.81. The van der Waals surface area contributed by atoms with E-state index in [4.69, 9.17) is 16.3 Å². The minimum Gasteiger partial charge on any atom is -0.393 e. The molecule has 0 aliphatic heterocycles. The Labute approximate surface area is 68.6 Å². The van der Waals surface area contributed by atoms with Crippen LogP contribution in [0.25, 0.3) is 0 Å². The van der Waals surface area contributed by atoms with Gasteiger partial charge in [-0.2, -0.15) is 0 Å². The van der Waals surface area contributed by atoms with Crippen LogP contribution in [0.3, 0.4) is 0 Å². The summed E-state index contributed by atoms with van der Waals surface area (Å²) in [7, 11) is 0. The van der Waals surface area contributed by atoms with Gasteiger partial charge in [0.15, 0.2) is 0 Å². The third-order valence-corrected chi connectivity index (χ3v) is 1.33. The molecule has 0 bridgehead atoms. The van der Waals surface area contributed by atoms with Gasteiger partial charge in [0, 0.05) is 6.42 Å². The predicted molar refractivity (Wildman–Crippen MR) is 45.2 cm³/mol. The zero-order chi connectivity index (χ0) is 8.91. The van der Waals surface area contributed by atoms with Crippen LogP contribution in [0.4, 0.5) is 0 Å². The van der Waals surface area contributed by atoms with E-state index < -0.39 is 0 Å². The topological polar surface area (TPSA) is 29.5 Å². The van der Waals surface area contributed by atoms with E-state index in [1.165, 1.54) is 0 Å². The number of hydrogen-bond acceptors (Lipinski definition) is 2. The Balaban J connectivity index is 3.72. The lowest BCUT2D eigenvalue weighted by Crippen LogP contribution is -2.29. The molecule has 11 heavy (non-hydrogen) atoms. The molecule has 0 saturated carbocycles. The van der Waals surface area contributed by atoms with E-state index in [-0.39, 0.29) is 11.7 Å². The first-order valence-corrected chi connectivity index (χ1v) is 3.73. The van der Waals surface area contributed by atoms with E-state index >= 15 is 0 Å². The van der Waals surface area contributed by atoms with Crippen molar-refractivity contribution in [3.05, 3.63) is 0 Å². The molecule has 2 heteroatoms. The van der Waals surface area contributed by atoms with Crippen molar-refractivity contribution in [2.45, 2.75) is 38.9 Å². The van der Waals surface area contributed by atoms with Gasteiger partial charge in [-0.3, -0.25) is 0 Å². The van der Waals surface area contributed by atoms with E-state index in [0.29, 0.717) is 13.0 Å². The summed E-state index contributed by atoms with van der Waals surface area (Å²) in [5.74, 6) is 2.39. The number of rotatable bonds is 4. The Kier molecular flexibility index (Phi) is 4.17. The van der Waals surface area contributed by atoms with E-state index in [2.05, 4.69) is 5.92 Å². The molecule has 0 rings (SSSR count). The zero-order valence-electron chi connectivity index (χ0n) is 7.42. The van der Waals surface area contributed by atoms with Gasteiger partial charge < -0.3 is 9.84 Å². The lowest BCUT2D eigenvalue weighted by molar-refractivity contribution is -0.0307. The average molecular weight is 156 g/mol. The van der Waals surface area contributed by atoms with Gasteiger partial charge in [0.05, 0.1) is 11.7 Å². The summed E-state index contributed by atoms with van der Waals surface area (Å²) in [4.78, 5) is 0. The van der Waals surface area contributed by atoms with Gasteiger partial charge >= 0.3 is 0 Å². The van der Waals surface area contributed by atoms with Gasteiger partial charge in [0.25, 0.3) is 0 Å². The van der Waals surface area contributed by atoms with Gasteiger partial charge in [-0.1, -0.05) is 5.92 Å². The van der Waals surface area contributed by atoms with Crippen molar-refractivity contribution < 1.29 is 9.84 Å². The number of hydrogen-bond donors (Lipinski definition) is 1. The normalized spacial score (nSPS) is 14.1. The second kappa shape index (κ2) is 4.38. The molecule has 0 saturated heterocycles. The summed E-state index contributed by atoms with van der Waals surface area (Å²) in [5, 5.41) is 9.06. The standard InChI is InChI=1S/C9H16O2/c1-5-6-11-9(3,4)7-8(2)10/h1,8,10H,6-7H2,2-4H3. The molecule has 0 aromatic rings. The Bertz CT molecular complexity index is 142. The van der Waals surface area contributed by atoms with Crippen molar-refractivity contribution in [2.24, 2.45) is 0 Å². The lowest BCUT2D eigenvalue weighted by atomic mass is 10.0. The third-order valence-electron chi connectivity index (χ3n) is 1.33. The maximum Gasteiger partial charge on any atom is 0.108 e. The molecule has 0 heterocycles. The summed E-state index contributed by atoms with van der Waals surface area (Å²) < 4.78 is 5.29. The zero-order valence-corrected chi connectivity index (χ0v) is 7.42. The number of terminal acetylenes is 1. The quantitative estimate of drug-likeness (QED) is 0.619. The van der Waals surface area contributed by atoms with Crippen LogP contribution in [0.15, 0.2) is 0 Å². The first-order valence-electron chi connectivity index (χ1n) is 3.73. The highest BCUT2D eigenvalue weighted by atomic mass is 16.5. The lowest BCUT2D eigenvalue weighted by Gasteiger charge is -2.25. The molecule has 0 aliphatic rings. The van der Waals surface area contributed by atoms with Crippen molar-refractivity contribution in [1.29, 1.82) is 0 Å². The smallest absolute Gasteiger partial charge is 0.108 e. The maximum atomic E-state index is 9.06. The molecule has 1 atom stereocenters. The molecule has 64 valence electrons. The summed E-state index contributed by atoms with van der Waals surface area (Å²) in [5.41, 5.74) is -0.319. The van der Waals surface area contributed by atoms with E-state index in [9.17, 15) is 0 Å². The molecule has 0 aromatic carbocycles. The van der Waals surface area contributed by atoms with Gasteiger partial charge in [-0.15, -0.1) is 6.42 Å². The van der Waals surface area contributed by atoms with Crippen LogP contribution >= 0.6 is 0 Å². The second-order valence-electron chi connectivity index (χ2n) is 3.31. The number of aliphatic hydroxyl groups is 1. The first kappa shape index (κ1) is 10.5. The molecule has 0 fully saturated rings. The van der Waals surface area contributed by atoms with Gasteiger partial charge in [-0.05, 0) is 20.8 Å². The van der Waals surface area contributed by atoms with Crippen LogP contribution < -0.4 is 0 Å². The van der Waals surface area contributed by atoms with Crippen LogP contribution in [0.5, 0.6) is 0 Å². The van der Waals surface area contributed by atoms with Crippen LogP contribution in [-0.4, -0.2) is 23.4 Å². The highest BCUT2D eigenvalue weighted by molar-refractivity contribution is 4.85. The molecule has 1 unspecified atom stereocenters. The summed E-state index contributed by atoms with van der Waals surface area (Å²) >= 11 is 0. The highest BCUT2D eigenvalue weighted by Crippen LogP contribution is 2.15. The molecule has 1 N–H and O–H groups in total. The predicted octanol–water partition coefficient (Wildman–Crippen LogP) is 1.19. The van der Waals surface area contributed by atoms with Crippen molar-refractivity contribution in [3.63, 3.8) is 0 Å².